The van der Waals surface area contributed by atoms with Crippen LogP contribution in [0.2, 0.25) is 25.7 Å². The summed E-state index contributed by atoms with van der Waals surface area (Å²) in [6.07, 6.45) is 1.50. The van der Waals surface area contributed by atoms with Gasteiger partial charge in [-0.15, -0.1) is 0 Å². The first-order valence-corrected chi connectivity index (χ1v) is 9.45. The number of nitriles is 1. The topological polar surface area (TPSA) is 75.2 Å². The molecule has 0 radical (unpaired) electrons. The molecule has 0 aliphatic heterocycles. The number of rotatable bonds is 6. The lowest BCUT2D eigenvalue weighted by Crippen LogP contribution is -2.22. The Kier molecular flexibility index (Phi) is 4.70. The van der Waals surface area contributed by atoms with E-state index >= 15 is 0 Å². The standard InChI is InChI=1S/C12H18N2O3Si/c1-18(2,3)5-4-17-9-14-8-10(7-13)6-11(14)12(15)16/h6,8H,4-5,9H2,1-3H3,(H,15,16). The fraction of sp³-hybridized carbons (Fsp3) is 0.500. The van der Waals surface area contributed by atoms with Gasteiger partial charge in [0, 0.05) is 20.9 Å². The van der Waals surface area contributed by atoms with Crippen LogP contribution < -0.4 is 0 Å². The van der Waals surface area contributed by atoms with Gasteiger partial charge in [-0.1, -0.05) is 19.6 Å². The zero-order valence-electron chi connectivity index (χ0n) is 10.9. The van der Waals surface area contributed by atoms with Crippen molar-refractivity contribution in [2.75, 3.05) is 6.61 Å². The van der Waals surface area contributed by atoms with Crippen molar-refractivity contribution in [2.45, 2.75) is 32.4 Å². The average Bonchev–Trinajstić information content (AvgIpc) is 2.66. The van der Waals surface area contributed by atoms with Gasteiger partial charge in [0.05, 0.1) is 5.56 Å². The van der Waals surface area contributed by atoms with Crippen LogP contribution in [0.15, 0.2) is 12.3 Å². The predicted molar refractivity (Wildman–Crippen MR) is 70.2 cm³/mol. The van der Waals surface area contributed by atoms with E-state index in [2.05, 4.69) is 19.6 Å². The summed E-state index contributed by atoms with van der Waals surface area (Å²) < 4.78 is 6.92. The summed E-state index contributed by atoms with van der Waals surface area (Å²) in [6.45, 7) is 7.55. The highest BCUT2D eigenvalue weighted by Crippen LogP contribution is 2.10. The molecule has 6 heteroatoms. The molecule has 18 heavy (non-hydrogen) atoms. The highest BCUT2D eigenvalue weighted by Gasteiger charge is 2.14. The van der Waals surface area contributed by atoms with E-state index in [1.807, 2.05) is 6.07 Å². The first-order chi connectivity index (χ1) is 8.33. The van der Waals surface area contributed by atoms with Crippen LogP contribution in [0.4, 0.5) is 0 Å². The van der Waals surface area contributed by atoms with Crippen LogP contribution in [-0.2, 0) is 11.5 Å². The molecule has 0 fully saturated rings. The quantitative estimate of drug-likeness (QED) is 0.633. The third-order valence-electron chi connectivity index (χ3n) is 2.47. The minimum absolute atomic E-state index is 0.0829. The van der Waals surface area contributed by atoms with Crippen LogP contribution in [0.1, 0.15) is 16.1 Å². The van der Waals surface area contributed by atoms with Gasteiger partial charge in [0.2, 0.25) is 0 Å². The van der Waals surface area contributed by atoms with Gasteiger partial charge >= 0.3 is 5.97 Å². The maximum absolute atomic E-state index is 11.0. The molecule has 0 unspecified atom stereocenters. The van der Waals surface area contributed by atoms with Crippen LogP contribution in [-0.4, -0.2) is 30.3 Å². The van der Waals surface area contributed by atoms with E-state index in [-0.39, 0.29) is 12.4 Å². The maximum atomic E-state index is 11.0. The van der Waals surface area contributed by atoms with Gasteiger partial charge in [0.15, 0.2) is 0 Å². The molecule has 0 amide bonds. The number of carbonyl (C=O) groups is 1. The number of nitrogens with zero attached hydrogens (tertiary/aromatic N) is 2. The Morgan fingerprint density at radius 2 is 2.22 bits per heavy atom. The Bertz CT molecular complexity index is 469. The number of aromatic carboxylic acids is 1. The van der Waals surface area contributed by atoms with Gasteiger partial charge in [-0.05, 0) is 12.1 Å². The SMILES string of the molecule is C[Si](C)(C)CCOCn1cc(C#N)cc1C(=O)O. The van der Waals surface area contributed by atoms with Crippen molar-refractivity contribution in [3.05, 3.63) is 23.5 Å². The van der Waals surface area contributed by atoms with Crippen molar-refractivity contribution in [1.29, 1.82) is 5.26 Å². The van der Waals surface area contributed by atoms with Crippen LogP contribution in [0.25, 0.3) is 0 Å². The van der Waals surface area contributed by atoms with E-state index in [0.717, 1.165) is 6.04 Å². The Morgan fingerprint density at radius 3 is 2.72 bits per heavy atom. The van der Waals surface area contributed by atoms with E-state index in [0.29, 0.717) is 12.2 Å². The van der Waals surface area contributed by atoms with Crippen LogP contribution in [0, 0.1) is 11.3 Å². The molecule has 98 valence electrons. The first kappa shape index (κ1) is 14.5. The van der Waals surface area contributed by atoms with Crippen LogP contribution in [0.3, 0.4) is 0 Å². The summed E-state index contributed by atoms with van der Waals surface area (Å²) in [5, 5.41) is 17.7. The van der Waals surface area contributed by atoms with Crippen LogP contribution in [0.5, 0.6) is 0 Å². The summed E-state index contributed by atoms with van der Waals surface area (Å²) in [5.74, 6) is -1.05. The van der Waals surface area contributed by atoms with Gasteiger partial charge in [-0.3, -0.25) is 0 Å². The molecule has 0 spiro atoms. The largest absolute Gasteiger partial charge is 0.477 e. The molecule has 0 aliphatic rings. The molecule has 0 atom stereocenters. The monoisotopic (exact) mass is 266 g/mol. The lowest BCUT2D eigenvalue weighted by molar-refractivity contribution is 0.0623. The summed E-state index contributed by atoms with van der Waals surface area (Å²) in [4.78, 5) is 11.0. The van der Waals surface area contributed by atoms with Crippen molar-refractivity contribution < 1.29 is 14.6 Å². The fourth-order valence-corrected chi connectivity index (χ4v) is 2.16. The number of carboxylic acids is 1. The lowest BCUT2D eigenvalue weighted by Gasteiger charge is -2.15. The average molecular weight is 266 g/mol. The lowest BCUT2D eigenvalue weighted by atomic mass is 10.3. The predicted octanol–water partition coefficient (Wildman–Crippen LogP) is 2.37. The third kappa shape index (κ3) is 4.35. The molecule has 0 aliphatic carbocycles. The highest BCUT2D eigenvalue weighted by atomic mass is 28.3. The number of ether oxygens (including phenoxy) is 1. The Morgan fingerprint density at radius 1 is 1.56 bits per heavy atom. The minimum atomic E-state index is -1.14. The van der Waals surface area contributed by atoms with E-state index in [4.69, 9.17) is 15.1 Å². The Hall–Kier alpha value is -1.58. The van der Waals surface area contributed by atoms with E-state index in [1.165, 1.54) is 16.8 Å². The fourth-order valence-electron chi connectivity index (χ4n) is 1.40. The van der Waals surface area contributed by atoms with Gasteiger partial charge < -0.3 is 14.4 Å². The second-order valence-electron chi connectivity index (χ2n) is 5.35. The molecular formula is C12H18N2O3Si. The molecule has 1 heterocycles. The van der Waals surface area contributed by atoms with Crippen molar-refractivity contribution in [1.82, 2.24) is 4.57 Å². The number of carboxylic acid groups (broad SMARTS) is 1. The molecule has 0 bridgehead atoms. The van der Waals surface area contributed by atoms with Gasteiger partial charge in [-0.25, -0.2) is 4.79 Å². The molecule has 0 aromatic carbocycles. The molecule has 1 aromatic heterocycles. The number of hydrogen-bond donors (Lipinski definition) is 1. The van der Waals surface area contributed by atoms with Crippen molar-refractivity contribution in [3.63, 3.8) is 0 Å². The number of hydrogen-bond acceptors (Lipinski definition) is 3. The van der Waals surface area contributed by atoms with Gasteiger partial charge in [0.25, 0.3) is 0 Å². The smallest absolute Gasteiger partial charge is 0.352 e. The first-order valence-electron chi connectivity index (χ1n) is 5.75. The zero-order valence-corrected chi connectivity index (χ0v) is 11.9. The van der Waals surface area contributed by atoms with E-state index < -0.39 is 14.0 Å². The van der Waals surface area contributed by atoms with E-state index in [1.54, 1.807) is 0 Å². The second-order valence-corrected chi connectivity index (χ2v) is 11.0. The minimum Gasteiger partial charge on any atom is -0.477 e. The maximum Gasteiger partial charge on any atom is 0.352 e. The van der Waals surface area contributed by atoms with Crippen LogP contribution >= 0.6 is 0 Å². The second kappa shape index (κ2) is 5.84. The summed E-state index contributed by atoms with van der Waals surface area (Å²) in [5.41, 5.74) is 0.417. The highest BCUT2D eigenvalue weighted by molar-refractivity contribution is 6.76. The molecule has 0 saturated carbocycles. The van der Waals surface area contributed by atoms with Gasteiger partial charge in [0.1, 0.15) is 18.5 Å². The van der Waals surface area contributed by atoms with Gasteiger partial charge in [-0.2, -0.15) is 5.26 Å². The summed E-state index contributed by atoms with van der Waals surface area (Å²) in [7, 11) is -1.14. The van der Waals surface area contributed by atoms with Crippen molar-refractivity contribution >= 4 is 14.0 Å². The third-order valence-corrected chi connectivity index (χ3v) is 4.18. The molecule has 1 aromatic rings. The molecule has 1 rings (SSSR count). The Labute approximate surface area is 108 Å². The molecular weight excluding hydrogens is 248 g/mol. The number of aromatic nitrogens is 1. The normalized spacial score (nSPS) is 11.2. The molecule has 1 N–H and O–H groups in total. The molecule has 0 saturated heterocycles. The molecule has 5 nitrogen and oxygen atoms in total. The Balaban J connectivity index is 2.59. The zero-order chi connectivity index (χ0) is 13.8. The van der Waals surface area contributed by atoms with Crippen molar-refractivity contribution in [3.8, 4) is 6.07 Å². The van der Waals surface area contributed by atoms with E-state index in [9.17, 15) is 4.79 Å². The van der Waals surface area contributed by atoms with Crippen molar-refractivity contribution in [2.24, 2.45) is 0 Å². The summed E-state index contributed by atoms with van der Waals surface area (Å²) >= 11 is 0. The summed E-state index contributed by atoms with van der Waals surface area (Å²) in [6, 6.07) is 4.31.